The first kappa shape index (κ1) is 14.6. The highest BCUT2D eigenvalue weighted by molar-refractivity contribution is 5.30. The van der Waals surface area contributed by atoms with E-state index >= 15 is 0 Å². The molecule has 4 heterocycles. The molecule has 0 bridgehead atoms. The van der Waals surface area contributed by atoms with E-state index in [-0.39, 0.29) is 0 Å². The normalized spacial score (nSPS) is 17.2. The molecular formula is C17H18N6O. The van der Waals surface area contributed by atoms with Gasteiger partial charge in [0.05, 0.1) is 31.4 Å². The minimum Gasteiger partial charge on any atom is -0.492 e. The lowest BCUT2D eigenvalue weighted by Crippen LogP contribution is -2.32. The number of hydrogen-bond acceptors (Lipinski definition) is 6. The number of anilines is 1. The van der Waals surface area contributed by atoms with Crippen LogP contribution in [0.25, 0.3) is 0 Å². The Morgan fingerprint density at radius 3 is 2.79 bits per heavy atom. The summed E-state index contributed by atoms with van der Waals surface area (Å²) in [6.07, 6.45) is 10.8. The lowest BCUT2D eigenvalue weighted by molar-refractivity contribution is 0.236. The van der Waals surface area contributed by atoms with Gasteiger partial charge in [-0.2, -0.15) is 0 Å². The second-order valence-electron chi connectivity index (χ2n) is 5.83. The molecule has 3 aromatic heterocycles. The van der Waals surface area contributed by atoms with Crippen LogP contribution in [0.1, 0.15) is 5.69 Å². The van der Waals surface area contributed by atoms with Crippen molar-refractivity contribution in [3.8, 4) is 5.75 Å². The molecule has 0 unspecified atom stereocenters. The Kier molecular flexibility index (Phi) is 4.05. The van der Waals surface area contributed by atoms with Crippen molar-refractivity contribution in [3.63, 3.8) is 0 Å². The molecule has 7 heteroatoms. The van der Waals surface area contributed by atoms with Crippen molar-refractivity contribution in [2.75, 3.05) is 18.1 Å². The van der Waals surface area contributed by atoms with E-state index in [2.05, 4.69) is 29.4 Å². The zero-order chi connectivity index (χ0) is 16.2. The number of ether oxygens (including phenoxy) is 1. The average molecular weight is 322 g/mol. The van der Waals surface area contributed by atoms with Crippen LogP contribution in [0.4, 0.5) is 5.95 Å². The van der Waals surface area contributed by atoms with E-state index in [1.54, 1.807) is 24.8 Å². The second-order valence-corrected chi connectivity index (χ2v) is 5.83. The molecule has 0 spiro atoms. The number of nitrogens with zero attached hydrogens (tertiary/aromatic N) is 6. The zero-order valence-corrected chi connectivity index (χ0v) is 13.2. The highest BCUT2D eigenvalue weighted by Crippen LogP contribution is 2.20. The summed E-state index contributed by atoms with van der Waals surface area (Å²) in [5.41, 5.74) is 1.16. The van der Waals surface area contributed by atoms with Crippen molar-refractivity contribution in [1.29, 1.82) is 0 Å². The molecule has 0 fully saturated rings. The monoisotopic (exact) mass is 322 g/mol. The summed E-state index contributed by atoms with van der Waals surface area (Å²) in [5.74, 6) is 1.82. The zero-order valence-electron chi connectivity index (χ0n) is 13.2. The fourth-order valence-electron chi connectivity index (χ4n) is 2.91. The number of fused-ring (bicyclic) bond motifs is 1. The van der Waals surface area contributed by atoms with Crippen LogP contribution < -0.4 is 9.64 Å². The summed E-state index contributed by atoms with van der Waals surface area (Å²) < 4.78 is 8.09. The van der Waals surface area contributed by atoms with Crippen LogP contribution in [-0.4, -0.2) is 37.7 Å². The Bertz CT molecular complexity index is 776. The van der Waals surface area contributed by atoms with Gasteiger partial charge in [0.1, 0.15) is 5.75 Å². The fourth-order valence-corrected chi connectivity index (χ4v) is 2.91. The molecule has 1 aliphatic rings. The van der Waals surface area contributed by atoms with E-state index < -0.39 is 0 Å². The first-order chi connectivity index (χ1) is 11.9. The van der Waals surface area contributed by atoms with Crippen LogP contribution in [0.2, 0.25) is 0 Å². The minimum atomic E-state index is 0.296. The van der Waals surface area contributed by atoms with Crippen LogP contribution in [-0.2, 0) is 13.1 Å². The Labute approximate surface area is 140 Å². The minimum absolute atomic E-state index is 0.296. The molecular weight excluding hydrogens is 304 g/mol. The van der Waals surface area contributed by atoms with E-state index in [1.807, 2.05) is 30.7 Å². The summed E-state index contributed by atoms with van der Waals surface area (Å²) in [6, 6.07) is 5.62. The molecule has 0 saturated carbocycles. The average Bonchev–Trinajstić information content (AvgIpc) is 2.99. The number of imidazole rings is 1. The number of hydrogen-bond donors (Lipinski definition) is 0. The second kappa shape index (κ2) is 6.66. The molecule has 0 amide bonds. The van der Waals surface area contributed by atoms with Crippen molar-refractivity contribution < 1.29 is 4.74 Å². The molecule has 0 saturated heterocycles. The number of rotatable bonds is 4. The molecule has 4 rings (SSSR count). The third-order valence-electron chi connectivity index (χ3n) is 4.04. The van der Waals surface area contributed by atoms with E-state index in [1.165, 1.54) is 0 Å². The van der Waals surface area contributed by atoms with Crippen molar-refractivity contribution in [2.24, 2.45) is 5.92 Å². The van der Waals surface area contributed by atoms with Crippen LogP contribution in [0.3, 0.4) is 0 Å². The van der Waals surface area contributed by atoms with Gasteiger partial charge in [-0.25, -0.2) is 15.0 Å². The Morgan fingerprint density at radius 1 is 1.04 bits per heavy atom. The van der Waals surface area contributed by atoms with Gasteiger partial charge in [0.2, 0.25) is 5.95 Å². The van der Waals surface area contributed by atoms with Crippen molar-refractivity contribution >= 4 is 5.95 Å². The van der Waals surface area contributed by atoms with Crippen molar-refractivity contribution in [2.45, 2.75) is 13.1 Å². The summed E-state index contributed by atoms with van der Waals surface area (Å²) >= 11 is 0. The molecule has 0 aromatic carbocycles. The van der Waals surface area contributed by atoms with Gasteiger partial charge in [0.25, 0.3) is 0 Å². The van der Waals surface area contributed by atoms with Crippen LogP contribution in [0.15, 0.2) is 55.5 Å². The van der Waals surface area contributed by atoms with Gasteiger partial charge in [-0.1, -0.05) is 0 Å². The highest BCUT2D eigenvalue weighted by Gasteiger charge is 2.24. The summed E-state index contributed by atoms with van der Waals surface area (Å²) in [5, 5.41) is 0. The molecule has 1 atom stereocenters. The van der Waals surface area contributed by atoms with E-state index in [0.717, 1.165) is 37.0 Å². The number of pyridine rings is 1. The van der Waals surface area contributed by atoms with Crippen LogP contribution >= 0.6 is 0 Å². The maximum Gasteiger partial charge on any atom is 0.225 e. The third-order valence-corrected chi connectivity index (χ3v) is 4.04. The molecule has 7 nitrogen and oxygen atoms in total. The van der Waals surface area contributed by atoms with E-state index in [9.17, 15) is 0 Å². The van der Waals surface area contributed by atoms with Gasteiger partial charge in [0, 0.05) is 43.8 Å². The smallest absolute Gasteiger partial charge is 0.225 e. The standard InChI is InChI=1S/C17H18N6O/c1-3-16(8-18-4-1)24-12-14-9-22(17-20-5-2-6-21-17)11-15-7-19-13-23(15)10-14/h1-8,13-14H,9-12H2/t14-/m0/s1. The first-order valence-corrected chi connectivity index (χ1v) is 7.92. The SMILES string of the molecule is c1cnc(N2Cc3cncn3C[C@@H](COc3cccnc3)C2)nc1. The molecule has 3 aromatic rings. The van der Waals surface area contributed by atoms with E-state index in [4.69, 9.17) is 4.74 Å². The fraction of sp³-hybridized carbons (Fsp3) is 0.294. The lowest BCUT2D eigenvalue weighted by Gasteiger charge is -2.24. The van der Waals surface area contributed by atoms with E-state index in [0.29, 0.717) is 12.5 Å². The Hall–Kier alpha value is -2.96. The Morgan fingerprint density at radius 2 is 1.96 bits per heavy atom. The maximum atomic E-state index is 5.91. The lowest BCUT2D eigenvalue weighted by atomic mass is 10.1. The Balaban J connectivity index is 1.53. The van der Waals surface area contributed by atoms with Crippen LogP contribution in [0.5, 0.6) is 5.75 Å². The molecule has 1 aliphatic heterocycles. The molecule has 0 radical (unpaired) electrons. The first-order valence-electron chi connectivity index (χ1n) is 7.92. The number of aromatic nitrogens is 5. The molecule has 0 aliphatic carbocycles. The van der Waals surface area contributed by atoms with Gasteiger partial charge in [-0.15, -0.1) is 0 Å². The van der Waals surface area contributed by atoms with Gasteiger partial charge < -0.3 is 14.2 Å². The maximum absolute atomic E-state index is 5.91. The van der Waals surface area contributed by atoms with Gasteiger partial charge in [0.15, 0.2) is 0 Å². The van der Waals surface area contributed by atoms with Crippen molar-refractivity contribution in [1.82, 2.24) is 24.5 Å². The third kappa shape index (κ3) is 3.19. The molecule has 122 valence electrons. The summed E-state index contributed by atoms with van der Waals surface area (Å²) in [6.45, 7) is 3.03. The molecule has 24 heavy (non-hydrogen) atoms. The summed E-state index contributed by atoms with van der Waals surface area (Å²) in [4.78, 5) is 19.3. The largest absolute Gasteiger partial charge is 0.492 e. The molecule has 0 N–H and O–H groups in total. The summed E-state index contributed by atoms with van der Waals surface area (Å²) in [7, 11) is 0. The predicted molar refractivity (Wildman–Crippen MR) is 88.5 cm³/mol. The van der Waals surface area contributed by atoms with Crippen molar-refractivity contribution in [3.05, 3.63) is 61.2 Å². The quantitative estimate of drug-likeness (QED) is 0.729. The van der Waals surface area contributed by atoms with Crippen LogP contribution in [0, 0.1) is 5.92 Å². The van der Waals surface area contributed by atoms with Gasteiger partial charge in [-0.3, -0.25) is 4.98 Å². The van der Waals surface area contributed by atoms with Gasteiger partial charge in [-0.05, 0) is 18.2 Å². The topological polar surface area (TPSA) is 69.0 Å². The van der Waals surface area contributed by atoms with Gasteiger partial charge >= 0.3 is 0 Å². The highest BCUT2D eigenvalue weighted by atomic mass is 16.5. The predicted octanol–water partition coefficient (Wildman–Crippen LogP) is 1.78.